The molecule has 0 bridgehead atoms. The van der Waals surface area contributed by atoms with Gasteiger partial charge in [-0.05, 0) is 0 Å². The molecule has 0 saturated heterocycles. The molecule has 0 radical (unpaired) electrons. The number of nitrogens with zero attached hydrogens (tertiary/aromatic N) is 1. The van der Waals surface area contributed by atoms with Gasteiger partial charge in [0.05, 0.1) is 0 Å². The summed E-state index contributed by atoms with van der Waals surface area (Å²) in [5.74, 6) is -0.480. The van der Waals surface area contributed by atoms with Crippen molar-refractivity contribution in [2.24, 2.45) is 0 Å². The van der Waals surface area contributed by atoms with E-state index >= 15 is 0 Å². The molecule has 0 unspecified atom stereocenters. The van der Waals surface area contributed by atoms with Gasteiger partial charge in [0, 0.05) is 0 Å². The Hall–Kier alpha value is -0.781. The summed E-state index contributed by atoms with van der Waals surface area (Å²) in [6, 6.07) is 3.86. The first-order valence-corrected chi connectivity index (χ1v) is 16.8. The van der Waals surface area contributed by atoms with Crippen molar-refractivity contribution in [3.63, 3.8) is 0 Å². The van der Waals surface area contributed by atoms with Crippen LogP contribution in [0.5, 0.6) is 0 Å². The van der Waals surface area contributed by atoms with Gasteiger partial charge in [0.1, 0.15) is 0 Å². The molecular weight excluding hydrogens is 409 g/mol. The number of esters is 1. The van der Waals surface area contributed by atoms with Crippen molar-refractivity contribution in [2.75, 3.05) is 7.11 Å². The molecule has 1 aromatic heterocycles. The summed E-state index contributed by atoms with van der Waals surface area (Å²) < 4.78 is 10.4. The van der Waals surface area contributed by atoms with Crippen LogP contribution in [0.15, 0.2) is 18.3 Å². The molecule has 4 nitrogen and oxygen atoms in total. The molecule has 5 heteroatoms. The zero-order valence-corrected chi connectivity index (χ0v) is 18.6. The third kappa shape index (κ3) is 5.36. The van der Waals surface area contributed by atoms with Gasteiger partial charge < -0.3 is 0 Å². The number of aromatic nitrogens is 1. The average molecular weight is 442 g/mol. The number of carbonyl (C=O) groups is 1. The molecule has 24 heavy (non-hydrogen) atoms. The summed E-state index contributed by atoms with van der Waals surface area (Å²) in [5, 5.41) is 12.4. The third-order valence-electron chi connectivity index (χ3n) is 4.94. The van der Waals surface area contributed by atoms with Crippen molar-refractivity contribution in [3.8, 4) is 0 Å². The van der Waals surface area contributed by atoms with Gasteiger partial charge in [-0.1, -0.05) is 0 Å². The fourth-order valence-electron chi connectivity index (χ4n) is 3.54. The van der Waals surface area contributed by atoms with E-state index in [4.69, 9.17) is 4.74 Å². The number of carbonyl (C=O) groups excluding carboxylic acids is 1. The second-order valence-electron chi connectivity index (χ2n) is 6.68. The zero-order valence-electron chi connectivity index (χ0n) is 15.8. The number of rotatable bonds is 11. The predicted molar refractivity (Wildman–Crippen MR) is 101 cm³/mol. The normalized spacial score (nSPS) is 11.5. The summed E-state index contributed by atoms with van der Waals surface area (Å²) in [6.45, 7) is 6.66. The van der Waals surface area contributed by atoms with Gasteiger partial charge in [0.2, 0.25) is 0 Å². The van der Waals surface area contributed by atoms with Gasteiger partial charge in [-0.2, -0.15) is 0 Å². The minimum atomic E-state index is -2.83. The van der Waals surface area contributed by atoms with Gasteiger partial charge in [0.15, 0.2) is 0 Å². The average Bonchev–Trinajstić information content (AvgIpc) is 2.60. The van der Waals surface area contributed by atoms with Crippen molar-refractivity contribution < 1.29 is 14.3 Å². The number of unbranched alkanes of at least 4 members (excludes halogenated alkanes) is 3. The van der Waals surface area contributed by atoms with Crippen molar-refractivity contribution in [2.45, 2.75) is 72.6 Å². The van der Waals surface area contributed by atoms with E-state index in [1.807, 2.05) is 6.07 Å². The monoisotopic (exact) mass is 443 g/mol. The van der Waals surface area contributed by atoms with Gasteiger partial charge in [-0.3, -0.25) is 0 Å². The van der Waals surface area contributed by atoms with Gasteiger partial charge in [-0.15, -0.1) is 0 Å². The number of hydrogen-bond acceptors (Lipinski definition) is 3. The summed E-state index contributed by atoms with van der Waals surface area (Å²) in [6.07, 6.45) is 8.48. The predicted octanol–water partition coefficient (Wildman–Crippen LogP) is 4.16. The summed E-state index contributed by atoms with van der Waals surface area (Å²) in [5.41, 5.74) is 0.263. The first-order valence-electron chi connectivity index (χ1n) is 9.37. The molecule has 0 aliphatic heterocycles. The van der Waals surface area contributed by atoms with E-state index in [1.165, 1.54) is 45.9 Å². The molecule has 136 valence electrons. The van der Waals surface area contributed by atoms with E-state index in [2.05, 4.69) is 26.8 Å². The van der Waals surface area contributed by atoms with Crippen molar-refractivity contribution in [1.82, 2.24) is 0 Å². The standard InChI is InChI=1S/C7H6NO3.3C4H9.Sn/c1-11-7(9)6-4-2-3-5-8(6)10;3*1-3-4-2;/h2-3,5H,1H3;3*1,3-4H2,2H3;. The van der Waals surface area contributed by atoms with Crippen LogP contribution in [0.25, 0.3) is 0 Å². The quantitative estimate of drug-likeness (QED) is 0.224. The molecule has 0 aromatic carbocycles. The van der Waals surface area contributed by atoms with Gasteiger partial charge in [-0.25, -0.2) is 0 Å². The molecule has 0 amide bonds. The summed E-state index contributed by atoms with van der Waals surface area (Å²) >= 11 is -2.83. The molecule has 1 rings (SSSR count). The van der Waals surface area contributed by atoms with Crippen molar-refractivity contribution in [1.29, 1.82) is 0 Å². The van der Waals surface area contributed by atoms with Crippen LogP contribution in [0.1, 0.15) is 69.8 Å². The van der Waals surface area contributed by atoms with Crippen LogP contribution in [0.4, 0.5) is 0 Å². The van der Waals surface area contributed by atoms with E-state index < -0.39 is 24.3 Å². The van der Waals surface area contributed by atoms with Gasteiger partial charge in [0.25, 0.3) is 0 Å². The van der Waals surface area contributed by atoms with Crippen LogP contribution in [0.2, 0.25) is 13.3 Å². The van der Waals surface area contributed by atoms with E-state index in [0.717, 1.165) is 27.6 Å². The molecule has 1 aromatic rings. The molecule has 0 aliphatic rings. The Bertz CT molecular complexity index is 498. The van der Waals surface area contributed by atoms with E-state index in [-0.39, 0.29) is 5.69 Å². The van der Waals surface area contributed by atoms with E-state index in [9.17, 15) is 10.0 Å². The van der Waals surface area contributed by atoms with Crippen LogP contribution in [-0.2, 0) is 4.74 Å². The van der Waals surface area contributed by atoms with Gasteiger partial charge >= 0.3 is 151 Å². The maximum atomic E-state index is 12.4. The molecule has 0 fully saturated rings. The number of methoxy groups -OCH3 is 1. The Morgan fingerprint density at radius 1 is 1.08 bits per heavy atom. The zero-order chi connectivity index (χ0) is 18.0. The molecule has 0 saturated carbocycles. The number of pyridine rings is 1. The topological polar surface area (TPSA) is 53.2 Å². The Kier molecular flexibility index (Phi) is 9.70. The molecule has 0 aliphatic carbocycles. The summed E-state index contributed by atoms with van der Waals surface area (Å²) in [7, 11) is 1.36. The SMILES string of the molecule is CCC[CH2][Sn]([CH2]CCC)([CH2]CCC)[c]1ccc[n+]([O-])c1C(=O)OC. The van der Waals surface area contributed by atoms with Crippen LogP contribution in [0, 0.1) is 5.21 Å². The van der Waals surface area contributed by atoms with Crippen LogP contribution >= 0.6 is 0 Å². The second kappa shape index (κ2) is 11.0. The first-order chi connectivity index (χ1) is 11.6. The maximum absolute atomic E-state index is 12.4. The number of hydrogen-bond donors (Lipinski definition) is 0. The van der Waals surface area contributed by atoms with E-state index in [0.29, 0.717) is 0 Å². The van der Waals surface area contributed by atoms with E-state index in [1.54, 1.807) is 0 Å². The Morgan fingerprint density at radius 3 is 2.00 bits per heavy atom. The Balaban J connectivity index is 3.44. The molecule has 0 N–H and O–H groups in total. The van der Waals surface area contributed by atoms with Crippen LogP contribution in [-0.4, -0.2) is 31.5 Å². The second-order valence-corrected chi connectivity index (χ2v) is 19.8. The first kappa shape index (κ1) is 21.3. The van der Waals surface area contributed by atoms with Crippen LogP contribution in [0.3, 0.4) is 0 Å². The molecule has 1 heterocycles. The molecular formula is C19H33NO3Sn. The summed E-state index contributed by atoms with van der Waals surface area (Å²) in [4.78, 5) is 12.3. The Morgan fingerprint density at radius 2 is 1.58 bits per heavy atom. The van der Waals surface area contributed by atoms with Crippen molar-refractivity contribution in [3.05, 3.63) is 29.2 Å². The fourth-order valence-corrected chi connectivity index (χ4v) is 20.1. The number of ether oxygens (including phenoxy) is 1. The minimum absolute atomic E-state index is 0.263. The molecule has 0 spiro atoms. The third-order valence-corrected chi connectivity index (χ3v) is 20.6. The Labute approximate surface area is 151 Å². The van der Waals surface area contributed by atoms with Crippen molar-refractivity contribution >= 4 is 27.9 Å². The molecule has 0 atom stereocenters. The fraction of sp³-hybridized carbons (Fsp3) is 0.684. The van der Waals surface area contributed by atoms with Crippen LogP contribution < -0.4 is 8.31 Å².